The minimum atomic E-state index is -0.218. The van der Waals surface area contributed by atoms with Crippen LogP contribution in [0.15, 0.2) is 41.3 Å². The maximum absolute atomic E-state index is 12.0. The van der Waals surface area contributed by atoms with Gasteiger partial charge in [0.05, 0.1) is 0 Å². The number of hydrogen-bond donors (Lipinski definition) is 1. The molecule has 0 aliphatic heterocycles. The van der Waals surface area contributed by atoms with Crippen molar-refractivity contribution in [3.05, 3.63) is 42.5 Å². The van der Waals surface area contributed by atoms with Crippen LogP contribution in [0.1, 0.15) is 10.4 Å². The summed E-state index contributed by atoms with van der Waals surface area (Å²) in [6.45, 7) is 4.01. The summed E-state index contributed by atoms with van der Waals surface area (Å²) in [5.41, 5.74) is 0.539. The summed E-state index contributed by atoms with van der Waals surface area (Å²) in [6, 6.07) is 6.88. The minimum Gasteiger partial charge on any atom is -0.490 e. The normalized spacial score (nSPS) is 10.1. The maximum Gasteiger partial charge on any atom is 0.257 e. The van der Waals surface area contributed by atoms with E-state index in [4.69, 9.17) is 4.74 Å². The topological polar surface area (TPSA) is 64.1 Å². The van der Waals surface area contributed by atoms with E-state index in [-0.39, 0.29) is 5.91 Å². The van der Waals surface area contributed by atoms with Crippen molar-refractivity contribution in [3.63, 3.8) is 0 Å². The number of amides is 1. The highest BCUT2D eigenvalue weighted by atomic mass is 32.2. The third-order valence-corrected chi connectivity index (χ3v) is 4.10. The first-order chi connectivity index (χ1) is 9.72. The summed E-state index contributed by atoms with van der Waals surface area (Å²) in [5.74, 6) is 0.478. The van der Waals surface area contributed by atoms with Gasteiger partial charge >= 0.3 is 0 Å². The molecule has 1 amide bonds. The molecule has 1 heterocycles. The Balaban J connectivity index is 1.99. The van der Waals surface area contributed by atoms with Gasteiger partial charge in [-0.3, -0.25) is 10.1 Å². The van der Waals surface area contributed by atoms with Gasteiger partial charge in [-0.2, -0.15) is 0 Å². The molecule has 5 nitrogen and oxygen atoms in total. The SMILES string of the molecule is C=CCOc1ccc(C(=O)Nc2nnc(SC)s2)cc1. The Morgan fingerprint density at radius 1 is 1.45 bits per heavy atom. The van der Waals surface area contributed by atoms with Crippen molar-refractivity contribution in [1.29, 1.82) is 0 Å². The second kappa shape index (κ2) is 7.06. The van der Waals surface area contributed by atoms with Crippen LogP contribution in [-0.4, -0.2) is 29.0 Å². The van der Waals surface area contributed by atoms with Crippen molar-refractivity contribution in [3.8, 4) is 5.75 Å². The molecule has 2 aromatic rings. The smallest absolute Gasteiger partial charge is 0.257 e. The molecule has 0 atom stereocenters. The molecular formula is C13H13N3O2S2. The molecule has 104 valence electrons. The predicted molar refractivity (Wildman–Crippen MR) is 81.8 cm³/mol. The van der Waals surface area contributed by atoms with Crippen LogP contribution in [0, 0.1) is 0 Å². The van der Waals surface area contributed by atoms with E-state index in [1.54, 1.807) is 30.3 Å². The third-order valence-electron chi connectivity index (χ3n) is 2.29. The molecule has 1 N–H and O–H groups in total. The van der Waals surface area contributed by atoms with E-state index in [2.05, 4.69) is 22.1 Å². The molecule has 0 bridgehead atoms. The van der Waals surface area contributed by atoms with Crippen molar-refractivity contribution < 1.29 is 9.53 Å². The van der Waals surface area contributed by atoms with Gasteiger partial charge in [0.25, 0.3) is 5.91 Å². The largest absolute Gasteiger partial charge is 0.490 e. The molecule has 2 rings (SSSR count). The average Bonchev–Trinajstić information content (AvgIpc) is 2.93. The van der Waals surface area contributed by atoms with E-state index in [1.165, 1.54) is 23.1 Å². The summed E-state index contributed by atoms with van der Waals surface area (Å²) in [7, 11) is 0. The lowest BCUT2D eigenvalue weighted by molar-refractivity contribution is 0.102. The van der Waals surface area contributed by atoms with Gasteiger partial charge in [-0.1, -0.05) is 35.8 Å². The van der Waals surface area contributed by atoms with Gasteiger partial charge < -0.3 is 4.74 Å². The molecular weight excluding hydrogens is 294 g/mol. The van der Waals surface area contributed by atoms with Crippen molar-refractivity contribution in [2.75, 3.05) is 18.2 Å². The molecule has 0 radical (unpaired) electrons. The zero-order chi connectivity index (χ0) is 14.4. The van der Waals surface area contributed by atoms with Gasteiger partial charge in [-0.25, -0.2) is 0 Å². The van der Waals surface area contributed by atoms with E-state index in [0.717, 1.165) is 4.34 Å². The van der Waals surface area contributed by atoms with E-state index in [9.17, 15) is 4.79 Å². The molecule has 0 aliphatic carbocycles. The van der Waals surface area contributed by atoms with Gasteiger partial charge in [0.2, 0.25) is 5.13 Å². The van der Waals surface area contributed by atoms with Gasteiger partial charge in [0, 0.05) is 5.56 Å². The number of carbonyl (C=O) groups is 1. The fourth-order valence-electron chi connectivity index (χ4n) is 1.37. The van der Waals surface area contributed by atoms with Gasteiger partial charge in [-0.05, 0) is 30.5 Å². The highest BCUT2D eigenvalue weighted by Gasteiger charge is 2.09. The van der Waals surface area contributed by atoms with Gasteiger partial charge in [-0.15, -0.1) is 10.2 Å². The highest BCUT2D eigenvalue weighted by molar-refractivity contribution is 8.00. The fraction of sp³-hybridized carbons (Fsp3) is 0.154. The lowest BCUT2D eigenvalue weighted by Gasteiger charge is -2.04. The maximum atomic E-state index is 12.0. The molecule has 0 saturated heterocycles. The highest BCUT2D eigenvalue weighted by Crippen LogP contribution is 2.23. The Morgan fingerprint density at radius 2 is 2.20 bits per heavy atom. The third kappa shape index (κ3) is 3.82. The quantitative estimate of drug-likeness (QED) is 0.505. The molecule has 0 spiro atoms. The first kappa shape index (κ1) is 14.5. The Bertz CT molecular complexity index is 596. The van der Waals surface area contributed by atoms with Crippen LogP contribution < -0.4 is 10.1 Å². The molecule has 0 saturated carbocycles. The number of thioether (sulfide) groups is 1. The van der Waals surface area contributed by atoms with E-state index < -0.39 is 0 Å². The number of ether oxygens (including phenoxy) is 1. The number of nitrogens with zero attached hydrogens (tertiary/aromatic N) is 2. The van der Waals surface area contributed by atoms with Gasteiger partial charge in [0.15, 0.2) is 4.34 Å². The number of rotatable bonds is 6. The Labute approximate surface area is 125 Å². The zero-order valence-electron chi connectivity index (χ0n) is 10.8. The van der Waals surface area contributed by atoms with Crippen molar-refractivity contribution in [2.45, 2.75) is 4.34 Å². The molecule has 1 aromatic carbocycles. The summed E-state index contributed by atoms with van der Waals surface area (Å²) in [4.78, 5) is 12.0. The molecule has 20 heavy (non-hydrogen) atoms. The number of benzene rings is 1. The zero-order valence-corrected chi connectivity index (χ0v) is 12.5. The fourth-order valence-corrected chi connectivity index (χ4v) is 2.53. The monoisotopic (exact) mass is 307 g/mol. The van der Waals surface area contributed by atoms with Gasteiger partial charge in [0.1, 0.15) is 12.4 Å². The first-order valence-electron chi connectivity index (χ1n) is 5.75. The van der Waals surface area contributed by atoms with Crippen molar-refractivity contribution in [1.82, 2.24) is 10.2 Å². The summed E-state index contributed by atoms with van der Waals surface area (Å²) in [6.07, 6.45) is 3.58. The standard InChI is InChI=1S/C13H13N3O2S2/c1-3-8-18-10-6-4-9(5-7-10)11(17)14-12-15-16-13(19-2)20-12/h3-7H,1,8H2,2H3,(H,14,15,17). The number of hydrogen-bond acceptors (Lipinski definition) is 6. The molecule has 7 heteroatoms. The predicted octanol–water partition coefficient (Wildman–Crippen LogP) is 3.08. The van der Waals surface area contributed by atoms with Crippen LogP contribution in [0.25, 0.3) is 0 Å². The number of nitrogens with one attached hydrogen (secondary N) is 1. The van der Waals surface area contributed by atoms with Crippen LogP contribution in [0.2, 0.25) is 0 Å². The second-order valence-corrected chi connectivity index (χ2v) is 5.69. The van der Waals surface area contributed by atoms with Crippen molar-refractivity contribution >= 4 is 34.1 Å². The lowest BCUT2D eigenvalue weighted by atomic mass is 10.2. The van der Waals surface area contributed by atoms with Crippen molar-refractivity contribution in [2.24, 2.45) is 0 Å². The van der Waals surface area contributed by atoms with Crippen LogP contribution in [-0.2, 0) is 0 Å². The molecule has 0 fully saturated rings. The van der Waals surface area contributed by atoms with Crippen LogP contribution in [0.3, 0.4) is 0 Å². The van der Waals surface area contributed by atoms with E-state index in [1.807, 2.05) is 6.26 Å². The minimum absolute atomic E-state index is 0.218. The van der Waals surface area contributed by atoms with Crippen LogP contribution >= 0.6 is 23.1 Å². The number of anilines is 1. The van der Waals surface area contributed by atoms with Crippen LogP contribution in [0.4, 0.5) is 5.13 Å². The Hall–Kier alpha value is -1.86. The molecule has 0 aliphatic rings. The molecule has 1 aromatic heterocycles. The average molecular weight is 307 g/mol. The number of carbonyl (C=O) groups excluding carboxylic acids is 1. The summed E-state index contributed by atoms with van der Waals surface area (Å²) in [5, 5.41) is 11.0. The van der Waals surface area contributed by atoms with E-state index >= 15 is 0 Å². The number of aromatic nitrogens is 2. The first-order valence-corrected chi connectivity index (χ1v) is 7.79. The van der Waals surface area contributed by atoms with E-state index in [0.29, 0.717) is 23.1 Å². The lowest BCUT2D eigenvalue weighted by Crippen LogP contribution is -2.11. The molecule has 0 unspecified atom stereocenters. The second-order valence-electron chi connectivity index (χ2n) is 3.66. The Morgan fingerprint density at radius 3 is 2.80 bits per heavy atom. The van der Waals surface area contributed by atoms with Crippen LogP contribution in [0.5, 0.6) is 5.75 Å². The summed E-state index contributed by atoms with van der Waals surface area (Å²) >= 11 is 2.83. The Kier molecular flexibility index (Phi) is 5.14. The summed E-state index contributed by atoms with van der Waals surface area (Å²) < 4.78 is 6.17.